The summed E-state index contributed by atoms with van der Waals surface area (Å²) in [6, 6.07) is 8.24. The lowest BCUT2D eigenvalue weighted by molar-refractivity contribution is 0.0527. The van der Waals surface area contributed by atoms with Gasteiger partial charge in [0.05, 0.1) is 28.7 Å². The van der Waals surface area contributed by atoms with E-state index in [4.69, 9.17) is 4.74 Å². The average Bonchev–Trinajstić information content (AvgIpc) is 3.33. The Hall–Kier alpha value is -2.78. The van der Waals surface area contributed by atoms with Gasteiger partial charge in [-0.3, -0.25) is 0 Å². The van der Waals surface area contributed by atoms with Crippen molar-refractivity contribution in [2.45, 2.75) is 31.9 Å². The van der Waals surface area contributed by atoms with Crippen LogP contribution in [0.3, 0.4) is 0 Å². The van der Waals surface area contributed by atoms with Crippen LogP contribution in [0.2, 0.25) is 0 Å². The molecule has 2 aromatic carbocycles. The van der Waals surface area contributed by atoms with E-state index in [2.05, 4.69) is 20.9 Å². The number of benzene rings is 2. The summed E-state index contributed by atoms with van der Waals surface area (Å²) in [5.74, 6) is 1.41. The molecule has 0 amide bonds. The number of rotatable bonds is 8. The largest absolute Gasteiger partial charge is 0.506 e. The third-order valence-electron chi connectivity index (χ3n) is 5.79. The molecule has 9 heteroatoms. The van der Waals surface area contributed by atoms with E-state index >= 15 is 0 Å². The van der Waals surface area contributed by atoms with Crippen molar-refractivity contribution in [2.24, 2.45) is 7.05 Å². The van der Waals surface area contributed by atoms with Gasteiger partial charge in [0.25, 0.3) is 0 Å². The van der Waals surface area contributed by atoms with Crippen LogP contribution in [-0.2, 0) is 29.8 Å². The highest BCUT2D eigenvalue weighted by molar-refractivity contribution is 9.10. The summed E-state index contributed by atoms with van der Waals surface area (Å²) in [5.41, 5.74) is 3.71. The number of thioether (sulfide) groups is 1. The van der Waals surface area contributed by atoms with E-state index in [0.717, 1.165) is 22.6 Å². The molecule has 0 fully saturated rings. The van der Waals surface area contributed by atoms with Crippen molar-refractivity contribution in [1.82, 2.24) is 14.1 Å². The first-order valence-corrected chi connectivity index (χ1v) is 12.7. The zero-order valence-corrected chi connectivity index (χ0v) is 21.5. The van der Waals surface area contributed by atoms with Crippen LogP contribution in [0.1, 0.15) is 39.9 Å². The zero-order chi connectivity index (χ0) is 24.4. The highest BCUT2D eigenvalue weighted by Gasteiger charge is 2.27. The number of aromatic nitrogens is 3. The van der Waals surface area contributed by atoms with Crippen LogP contribution in [-0.4, -0.2) is 31.8 Å². The molecule has 6 nitrogen and oxygen atoms in total. The number of imidazole rings is 1. The Morgan fingerprint density at radius 2 is 2.00 bits per heavy atom. The number of hydrogen-bond acceptors (Lipinski definition) is 5. The fourth-order valence-electron chi connectivity index (χ4n) is 4.01. The monoisotopic (exact) mass is 545 g/mol. The molecule has 4 aromatic rings. The quantitative estimate of drug-likeness (QED) is 0.277. The number of hydrogen-bond donors (Lipinski definition) is 1. The first-order chi connectivity index (χ1) is 16.3. The minimum Gasteiger partial charge on any atom is -0.506 e. The number of aromatic hydroxyl groups is 1. The molecule has 2 aromatic heterocycles. The maximum Gasteiger partial charge on any atom is 0.340 e. The molecule has 34 heavy (non-hydrogen) atoms. The lowest BCUT2D eigenvalue weighted by atomic mass is 10.0. The number of phenolic OH excluding ortho intramolecular Hbond substituents is 1. The third-order valence-corrected chi connectivity index (χ3v) is 7.41. The van der Waals surface area contributed by atoms with Crippen molar-refractivity contribution in [3.63, 3.8) is 0 Å². The number of carbonyl (C=O) groups excluding carboxylic acids is 1. The SMILES string of the molecule is CCOC(=O)c1c(CSCc2ccc(F)cc2)n(C)c2cc(Br)c(O)c(Cn3ccnc3C)c12. The molecule has 0 aliphatic rings. The van der Waals surface area contributed by atoms with Crippen LogP contribution in [0.25, 0.3) is 10.9 Å². The van der Waals surface area contributed by atoms with Gasteiger partial charge >= 0.3 is 5.97 Å². The summed E-state index contributed by atoms with van der Waals surface area (Å²) in [5, 5.41) is 11.7. The first kappa shape index (κ1) is 24.3. The van der Waals surface area contributed by atoms with Crippen LogP contribution >= 0.6 is 27.7 Å². The number of aryl methyl sites for hydroxylation is 2. The Balaban J connectivity index is 1.81. The van der Waals surface area contributed by atoms with Gasteiger partial charge in [0, 0.05) is 47.6 Å². The number of phenols is 1. The van der Waals surface area contributed by atoms with Gasteiger partial charge in [-0.1, -0.05) is 12.1 Å². The molecule has 0 spiro atoms. The molecule has 0 bridgehead atoms. The molecule has 2 heterocycles. The molecule has 0 aliphatic heterocycles. The Kier molecular flexibility index (Phi) is 7.33. The van der Waals surface area contributed by atoms with E-state index in [9.17, 15) is 14.3 Å². The molecule has 0 unspecified atom stereocenters. The predicted octanol–water partition coefficient (Wildman–Crippen LogP) is 5.95. The van der Waals surface area contributed by atoms with Crippen molar-refractivity contribution >= 4 is 44.6 Å². The smallest absolute Gasteiger partial charge is 0.340 e. The molecule has 178 valence electrons. The normalized spacial score (nSPS) is 11.3. The maximum atomic E-state index is 13.2. The number of ether oxygens (including phenoxy) is 1. The van der Waals surface area contributed by atoms with E-state index in [1.165, 1.54) is 12.1 Å². The molecule has 0 radical (unpaired) electrons. The van der Waals surface area contributed by atoms with E-state index in [1.807, 2.05) is 35.4 Å². The number of carbonyl (C=O) groups is 1. The number of halogens is 2. The van der Waals surface area contributed by atoms with Crippen molar-refractivity contribution in [1.29, 1.82) is 0 Å². The summed E-state index contributed by atoms with van der Waals surface area (Å²) in [6.45, 7) is 4.26. The fraction of sp³-hybridized carbons (Fsp3) is 0.280. The fourth-order valence-corrected chi connectivity index (χ4v) is 5.53. The van der Waals surface area contributed by atoms with E-state index < -0.39 is 5.97 Å². The average molecular weight is 546 g/mol. The molecular weight excluding hydrogens is 521 g/mol. The Morgan fingerprint density at radius 3 is 2.65 bits per heavy atom. The summed E-state index contributed by atoms with van der Waals surface area (Å²) in [4.78, 5) is 17.5. The summed E-state index contributed by atoms with van der Waals surface area (Å²) in [6.07, 6.45) is 3.55. The van der Waals surface area contributed by atoms with Gasteiger partial charge < -0.3 is 19.0 Å². The van der Waals surface area contributed by atoms with Gasteiger partial charge in [0.2, 0.25) is 0 Å². The molecule has 1 N–H and O–H groups in total. The van der Waals surface area contributed by atoms with Crippen molar-refractivity contribution < 1.29 is 19.0 Å². The van der Waals surface area contributed by atoms with Crippen LogP contribution in [0.5, 0.6) is 5.75 Å². The second-order valence-electron chi connectivity index (χ2n) is 7.90. The molecule has 4 rings (SSSR count). The third kappa shape index (κ3) is 4.72. The number of esters is 1. The van der Waals surface area contributed by atoms with Crippen LogP contribution < -0.4 is 0 Å². The number of fused-ring (bicyclic) bond motifs is 1. The van der Waals surface area contributed by atoms with Crippen LogP contribution in [0, 0.1) is 12.7 Å². The van der Waals surface area contributed by atoms with Gasteiger partial charge in [0.15, 0.2) is 0 Å². The second-order valence-corrected chi connectivity index (χ2v) is 9.74. The first-order valence-electron chi connectivity index (χ1n) is 10.8. The summed E-state index contributed by atoms with van der Waals surface area (Å²) >= 11 is 5.10. The van der Waals surface area contributed by atoms with E-state index in [0.29, 0.717) is 39.0 Å². The minimum absolute atomic E-state index is 0.0854. The van der Waals surface area contributed by atoms with Gasteiger partial charge in [-0.25, -0.2) is 14.2 Å². The van der Waals surface area contributed by atoms with Gasteiger partial charge in [-0.15, -0.1) is 0 Å². The zero-order valence-electron chi connectivity index (χ0n) is 19.1. The lowest BCUT2D eigenvalue weighted by Gasteiger charge is -2.12. The highest BCUT2D eigenvalue weighted by atomic mass is 79.9. The Bertz CT molecular complexity index is 1350. The van der Waals surface area contributed by atoms with E-state index in [1.54, 1.807) is 37.0 Å². The van der Waals surface area contributed by atoms with Gasteiger partial charge in [-0.2, -0.15) is 11.8 Å². The molecule has 0 atom stereocenters. The highest BCUT2D eigenvalue weighted by Crippen LogP contribution is 2.40. The molecule has 0 saturated heterocycles. The number of nitrogens with zero attached hydrogens (tertiary/aromatic N) is 3. The molecule has 0 aliphatic carbocycles. The molecular formula is C25H25BrFN3O3S. The van der Waals surface area contributed by atoms with Crippen molar-refractivity contribution in [2.75, 3.05) is 6.61 Å². The minimum atomic E-state index is -0.421. The standard InChI is InChI=1S/C25H25BrFN3O3S/c1-4-33-25(32)23-21(14-34-13-16-5-7-17(27)8-6-16)29(3)20-11-19(26)24(31)18(22(20)23)12-30-10-9-28-15(30)2/h5-11,31H,4,12-14H2,1-3H3. The second kappa shape index (κ2) is 10.2. The van der Waals surface area contributed by atoms with Crippen molar-refractivity contribution in [3.05, 3.63) is 81.2 Å². The molecule has 0 saturated carbocycles. The lowest BCUT2D eigenvalue weighted by Crippen LogP contribution is -2.09. The predicted molar refractivity (Wildman–Crippen MR) is 136 cm³/mol. The van der Waals surface area contributed by atoms with Gasteiger partial charge in [-0.05, 0) is 53.5 Å². The van der Waals surface area contributed by atoms with Crippen LogP contribution in [0.4, 0.5) is 4.39 Å². The van der Waals surface area contributed by atoms with Crippen molar-refractivity contribution in [3.8, 4) is 5.75 Å². The topological polar surface area (TPSA) is 69.3 Å². The van der Waals surface area contributed by atoms with Gasteiger partial charge in [0.1, 0.15) is 17.4 Å². The van der Waals surface area contributed by atoms with E-state index in [-0.39, 0.29) is 18.2 Å². The van der Waals surface area contributed by atoms with Crippen LogP contribution in [0.15, 0.2) is 47.2 Å². The Morgan fingerprint density at radius 1 is 1.26 bits per heavy atom. The Labute approximate surface area is 209 Å². The summed E-state index contributed by atoms with van der Waals surface area (Å²) in [7, 11) is 1.91. The summed E-state index contributed by atoms with van der Waals surface area (Å²) < 4.78 is 23.1. The maximum absolute atomic E-state index is 13.2.